The molecule has 5 nitrogen and oxygen atoms in total. The Bertz CT molecular complexity index is 773. The molecule has 2 aromatic rings. The standard InChI is InChI=1S/C17H16N2O3/c1-2-3-6-11-9-10-14(15(20)18-11)19-16(21)12-7-4-5-8-13(12)17(19)22/h4-5,7-10H,2-3,6H2,1H3,(H,18,20). The molecule has 0 bridgehead atoms. The summed E-state index contributed by atoms with van der Waals surface area (Å²) in [6.07, 6.45) is 2.78. The van der Waals surface area contributed by atoms with E-state index in [9.17, 15) is 14.4 Å². The van der Waals surface area contributed by atoms with Crippen molar-refractivity contribution in [2.24, 2.45) is 0 Å². The van der Waals surface area contributed by atoms with E-state index in [2.05, 4.69) is 11.9 Å². The van der Waals surface area contributed by atoms with Gasteiger partial charge in [-0.3, -0.25) is 14.4 Å². The number of aromatic amines is 1. The van der Waals surface area contributed by atoms with Gasteiger partial charge in [-0.05, 0) is 37.1 Å². The van der Waals surface area contributed by atoms with Crippen LogP contribution >= 0.6 is 0 Å². The van der Waals surface area contributed by atoms with Crippen LogP contribution in [-0.2, 0) is 6.42 Å². The van der Waals surface area contributed by atoms with E-state index in [0.717, 1.165) is 29.9 Å². The predicted molar refractivity (Wildman–Crippen MR) is 83.3 cm³/mol. The van der Waals surface area contributed by atoms with E-state index < -0.39 is 17.4 Å². The first-order valence-electron chi connectivity index (χ1n) is 7.33. The average Bonchev–Trinajstić information content (AvgIpc) is 2.78. The molecule has 1 N–H and O–H groups in total. The van der Waals surface area contributed by atoms with E-state index in [1.54, 1.807) is 36.4 Å². The van der Waals surface area contributed by atoms with Gasteiger partial charge in [0, 0.05) is 5.69 Å². The molecular formula is C17H16N2O3. The Morgan fingerprint density at radius 1 is 0.955 bits per heavy atom. The van der Waals surface area contributed by atoms with Crippen molar-refractivity contribution in [2.75, 3.05) is 4.90 Å². The van der Waals surface area contributed by atoms with Crippen LogP contribution in [0.3, 0.4) is 0 Å². The minimum absolute atomic E-state index is 0.0754. The molecule has 0 aliphatic carbocycles. The Labute approximate surface area is 127 Å². The van der Waals surface area contributed by atoms with E-state index in [-0.39, 0.29) is 5.69 Å². The molecule has 2 heterocycles. The summed E-state index contributed by atoms with van der Waals surface area (Å²) in [5.74, 6) is -0.903. The molecule has 0 saturated carbocycles. The highest BCUT2D eigenvalue weighted by Gasteiger charge is 2.37. The van der Waals surface area contributed by atoms with Crippen LogP contribution < -0.4 is 10.5 Å². The van der Waals surface area contributed by atoms with Crippen LogP contribution in [0.2, 0.25) is 0 Å². The number of amides is 2. The van der Waals surface area contributed by atoms with Crippen LogP contribution in [0.1, 0.15) is 46.2 Å². The highest BCUT2D eigenvalue weighted by atomic mass is 16.2. The summed E-state index contributed by atoms with van der Waals surface area (Å²) in [5, 5.41) is 0. The third-order valence-electron chi connectivity index (χ3n) is 3.78. The fourth-order valence-electron chi connectivity index (χ4n) is 2.60. The Kier molecular flexibility index (Phi) is 3.63. The number of aryl methyl sites for hydroxylation is 1. The maximum absolute atomic E-state index is 12.4. The molecule has 0 saturated heterocycles. The van der Waals surface area contributed by atoms with Gasteiger partial charge in [0.25, 0.3) is 17.4 Å². The highest BCUT2D eigenvalue weighted by Crippen LogP contribution is 2.26. The summed E-state index contributed by atoms with van der Waals surface area (Å²) in [6.45, 7) is 2.07. The summed E-state index contributed by atoms with van der Waals surface area (Å²) in [6, 6.07) is 9.90. The average molecular weight is 296 g/mol. The van der Waals surface area contributed by atoms with Crippen molar-refractivity contribution in [3.63, 3.8) is 0 Å². The number of aromatic nitrogens is 1. The maximum Gasteiger partial charge on any atom is 0.272 e. The maximum atomic E-state index is 12.4. The van der Waals surface area contributed by atoms with Gasteiger partial charge in [0.15, 0.2) is 0 Å². The molecule has 1 aromatic heterocycles. The van der Waals surface area contributed by atoms with Crippen molar-refractivity contribution in [1.29, 1.82) is 0 Å². The molecule has 22 heavy (non-hydrogen) atoms. The van der Waals surface area contributed by atoms with E-state index in [1.807, 2.05) is 0 Å². The van der Waals surface area contributed by atoms with Gasteiger partial charge >= 0.3 is 0 Å². The van der Waals surface area contributed by atoms with Crippen molar-refractivity contribution < 1.29 is 9.59 Å². The lowest BCUT2D eigenvalue weighted by Crippen LogP contribution is -2.34. The first-order valence-corrected chi connectivity index (χ1v) is 7.33. The fraction of sp³-hybridized carbons (Fsp3) is 0.235. The highest BCUT2D eigenvalue weighted by molar-refractivity contribution is 6.34. The first-order chi connectivity index (χ1) is 10.6. The number of anilines is 1. The molecule has 2 amide bonds. The largest absolute Gasteiger partial charge is 0.324 e. The minimum Gasteiger partial charge on any atom is -0.324 e. The monoisotopic (exact) mass is 296 g/mol. The quantitative estimate of drug-likeness (QED) is 0.881. The fourth-order valence-corrected chi connectivity index (χ4v) is 2.60. The second kappa shape index (κ2) is 5.60. The molecule has 0 atom stereocenters. The number of benzene rings is 1. The zero-order chi connectivity index (χ0) is 15.7. The van der Waals surface area contributed by atoms with Crippen LogP contribution in [-0.4, -0.2) is 16.8 Å². The second-order valence-corrected chi connectivity index (χ2v) is 5.29. The molecule has 0 radical (unpaired) electrons. The zero-order valence-electron chi connectivity index (χ0n) is 12.3. The van der Waals surface area contributed by atoms with Gasteiger partial charge in [-0.15, -0.1) is 0 Å². The number of hydrogen-bond donors (Lipinski definition) is 1. The van der Waals surface area contributed by atoms with Crippen molar-refractivity contribution in [2.45, 2.75) is 26.2 Å². The molecule has 0 unspecified atom stereocenters. The van der Waals surface area contributed by atoms with Gasteiger partial charge in [0.1, 0.15) is 5.69 Å². The summed E-state index contributed by atoms with van der Waals surface area (Å²) >= 11 is 0. The van der Waals surface area contributed by atoms with E-state index >= 15 is 0 Å². The third-order valence-corrected chi connectivity index (χ3v) is 3.78. The van der Waals surface area contributed by atoms with Crippen LogP contribution in [0, 0.1) is 0 Å². The number of imide groups is 1. The summed E-state index contributed by atoms with van der Waals surface area (Å²) in [5.41, 5.74) is 1.14. The number of nitrogens with one attached hydrogen (secondary N) is 1. The van der Waals surface area contributed by atoms with Crippen LogP contribution in [0.25, 0.3) is 0 Å². The number of rotatable bonds is 4. The topological polar surface area (TPSA) is 70.2 Å². The molecule has 1 aromatic carbocycles. The SMILES string of the molecule is CCCCc1ccc(N2C(=O)c3ccccc3C2=O)c(=O)[nH]1. The van der Waals surface area contributed by atoms with Crippen molar-refractivity contribution in [1.82, 2.24) is 4.98 Å². The molecule has 1 aliphatic rings. The van der Waals surface area contributed by atoms with Gasteiger partial charge in [-0.2, -0.15) is 0 Å². The number of pyridine rings is 1. The molecule has 3 rings (SSSR count). The van der Waals surface area contributed by atoms with Gasteiger partial charge in [-0.25, -0.2) is 4.90 Å². The lowest BCUT2D eigenvalue weighted by molar-refractivity contribution is 0.0925. The summed E-state index contributed by atoms with van der Waals surface area (Å²) in [7, 11) is 0. The van der Waals surface area contributed by atoms with E-state index in [1.165, 1.54) is 0 Å². The molecule has 5 heteroatoms. The third kappa shape index (κ3) is 2.24. The number of unbranched alkanes of at least 4 members (excludes halogenated alkanes) is 1. The number of carbonyl (C=O) groups is 2. The van der Waals surface area contributed by atoms with Gasteiger partial charge in [0.05, 0.1) is 11.1 Å². The van der Waals surface area contributed by atoms with Crippen LogP contribution in [0.5, 0.6) is 0 Å². The lowest BCUT2D eigenvalue weighted by atomic mass is 10.1. The minimum atomic E-state index is -0.451. The lowest BCUT2D eigenvalue weighted by Gasteiger charge is -2.13. The Balaban J connectivity index is 1.98. The molecular weight excluding hydrogens is 280 g/mol. The van der Waals surface area contributed by atoms with Gasteiger partial charge in [-0.1, -0.05) is 25.5 Å². The molecule has 0 fully saturated rings. The number of H-pyrrole nitrogens is 1. The van der Waals surface area contributed by atoms with E-state index in [0.29, 0.717) is 11.1 Å². The Morgan fingerprint density at radius 2 is 1.59 bits per heavy atom. The number of carbonyl (C=O) groups excluding carboxylic acids is 2. The molecule has 0 spiro atoms. The number of fused-ring (bicyclic) bond motifs is 1. The molecule has 112 valence electrons. The van der Waals surface area contributed by atoms with E-state index in [4.69, 9.17) is 0 Å². The van der Waals surface area contributed by atoms with Gasteiger partial charge in [0.2, 0.25) is 0 Å². The predicted octanol–water partition coefficient (Wildman–Crippen LogP) is 2.52. The summed E-state index contributed by atoms with van der Waals surface area (Å²) in [4.78, 5) is 40.7. The summed E-state index contributed by atoms with van der Waals surface area (Å²) < 4.78 is 0. The van der Waals surface area contributed by atoms with Crippen LogP contribution in [0.15, 0.2) is 41.2 Å². The first kappa shape index (κ1) is 14.3. The van der Waals surface area contributed by atoms with Crippen molar-refractivity contribution in [3.8, 4) is 0 Å². The molecule has 1 aliphatic heterocycles. The number of hydrogen-bond acceptors (Lipinski definition) is 3. The van der Waals surface area contributed by atoms with Crippen LogP contribution in [0.4, 0.5) is 5.69 Å². The van der Waals surface area contributed by atoms with Crippen molar-refractivity contribution >= 4 is 17.5 Å². The Morgan fingerprint density at radius 3 is 2.14 bits per heavy atom. The zero-order valence-corrected chi connectivity index (χ0v) is 12.3. The normalized spacial score (nSPS) is 13.6. The second-order valence-electron chi connectivity index (χ2n) is 5.29. The smallest absolute Gasteiger partial charge is 0.272 e. The van der Waals surface area contributed by atoms with Crippen molar-refractivity contribution in [3.05, 3.63) is 63.6 Å². The number of nitrogens with zero attached hydrogens (tertiary/aromatic N) is 1. The Hall–Kier alpha value is -2.69. The van der Waals surface area contributed by atoms with Gasteiger partial charge < -0.3 is 4.98 Å².